The highest BCUT2D eigenvalue weighted by Crippen LogP contribution is 2.30. The van der Waals surface area contributed by atoms with Crippen molar-refractivity contribution in [1.29, 1.82) is 0 Å². The number of anilines is 1. The summed E-state index contributed by atoms with van der Waals surface area (Å²) in [6, 6.07) is 1.73. The zero-order valence-electron chi connectivity index (χ0n) is 7.29. The zero-order valence-corrected chi connectivity index (χ0v) is 9.62. The average molecular weight is 253 g/mol. The second-order valence-electron chi connectivity index (χ2n) is 2.58. The lowest BCUT2D eigenvalue weighted by atomic mass is 10.4. The molecule has 0 saturated heterocycles. The van der Waals surface area contributed by atoms with Crippen LogP contribution in [0, 0.1) is 0 Å². The number of imidazole rings is 1. The second kappa shape index (κ2) is 4.26. The average Bonchev–Trinajstić information content (AvgIpc) is 2.55. The van der Waals surface area contributed by atoms with E-state index in [1.807, 2.05) is 10.6 Å². The van der Waals surface area contributed by atoms with E-state index in [1.165, 1.54) is 0 Å². The maximum Gasteiger partial charge on any atom is 0.153 e. The Bertz CT molecular complexity index is 452. The van der Waals surface area contributed by atoms with Gasteiger partial charge >= 0.3 is 0 Å². The minimum atomic E-state index is 0. The van der Waals surface area contributed by atoms with Crippen LogP contribution in [0.4, 0.5) is 5.82 Å². The molecule has 6 heteroatoms. The van der Waals surface area contributed by atoms with Crippen molar-refractivity contribution in [3.8, 4) is 0 Å². The first-order valence-electron chi connectivity index (χ1n) is 3.72. The zero-order chi connectivity index (χ0) is 9.42. The fraction of sp³-hybridized carbons (Fsp3) is 0.125. The lowest BCUT2D eigenvalue weighted by molar-refractivity contribution is 1.15. The summed E-state index contributed by atoms with van der Waals surface area (Å²) < 4.78 is 1.82. The van der Waals surface area contributed by atoms with Gasteiger partial charge in [-0.1, -0.05) is 23.2 Å². The van der Waals surface area contributed by atoms with E-state index in [0.717, 1.165) is 11.3 Å². The number of halogens is 3. The smallest absolute Gasteiger partial charge is 0.153 e. The molecule has 0 aliphatic carbocycles. The molecule has 0 unspecified atom stereocenters. The Morgan fingerprint density at radius 3 is 2.79 bits per heavy atom. The molecule has 14 heavy (non-hydrogen) atoms. The highest BCUT2D eigenvalue weighted by Gasteiger charge is 2.09. The summed E-state index contributed by atoms with van der Waals surface area (Å²) in [6.45, 7) is 0. The molecule has 0 fully saturated rings. The van der Waals surface area contributed by atoms with Crippen LogP contribution in [0.25, 0.3) is 5.52 Å². The van der Waals surface area contributed by atoms with Gasteiger partial charge in [-0.15, -0.1) is 12.4 Å². The molecule has 0 radical (unpaired) electrons. The Kier molecular flexibility index (Phi) is 3.48. The molecule has 0 saturated carbocycles. The van der Waals surface area contributed by atoms with Crippen LogP contribution in [0.1, 0.15) is 0 Å². The Morgan fingerprint density at radius 1 is 1.43 bits per heavy atom. The number of nitrogens with zero attached hydrogens (tertiary/aromatic N) is 2. The summed E-state index contributed by atoms with van der Waals surface area (Å²) in [5, 5.41) is 4.00. The first-order chi connectivity index (χ1) is 6.24. The maximum absolute atomic E-state index is 6.02. The van der Waals surface area contributed by atoms with Gasteiger partial charge in [-0.25, -0.2) is 4.98 Å². The summed E-state index contributed by atoms with van der Waals surface area (Å²) in [5.41, 5.74) is 0.802. The van der Waals surface area contributed by atoms with Crippen LogP contribution >= 0.6 is 35.6 Å². The molecule has 0 atom stereocenters. The third-order valence-corrected chi connectivity index (χ3v) is 2.62. The van der Waals surface area contributed by atoms with E-state index < -0.39 is 0 Å². The lowest BCUT2D eigenvalue weighted by Crippen LogP contribution is -1.90. The van der Waals surface area contributed by atoms with E-state index in [4.69, 9.17) is 23.2 Å². The molecule has 0 aromatic carbocycles. The van der Waals surface area contributed by atoms with Gasteiger partial charge in [-0.3, -0.25) is 0 Å². The van der Waals surface area contributed by atoms with Crippen molar-refractivity contribution in [2.75, 3.05) is 12.4 Å². The quantitative estimate of drug-likeness (QED) is 0.845. The minimum absolute atomic E-state index is 0. The van der Waals surface area contributed by atoms with E-state index in [2.05, 4.69) is 10.3 Å². The Balaban J connectivity index is 0.000000980. The van der Waals surface area contributed by atoms with Crippen LogP contribution in [0.15, 0.2) is 18.6 Å². The van der Waals surface area contributed by atoms with Crippen LogP contribution in [-0.2, 0) is 0 Å². The van der Waals surface area contributed by atoms with Crippen molar-refractivity contribution < 1.29 is 0 Å². The van der Waals surface area contributed by atoms with E-state index in [9.17, 15) is 0 Å². The molecule has 0 amide bonds. The van der Waals surface area contributed by atoms with Gasteiger partial charge in [0.05, 0.1) is 10.0 Å². The fourth-order valence-electron chi connectivity index (χ4n) is 1.21. The van der Waals surface area contributed by atoms with Crippen molar-refractivity contribution >= 4 is 46.9 Å². The number of nitrogens with one attached hydrogen (secondary N) is 1. The number of aromatic nitrogens is 2. The van der Waals surface area contributed by atoms with Gasteiger partial charge < -0.3 is 9.72 Å². The highest BCUT2D eigenvalue weighted by atomic mass is 35.5. The van der Waals surface area contributed by atoms with Gasteiger partial charge in [0.2, 0.25) is 0 Å². The van der Waals surface area contributed by atoms with Crippen LogP contribution in [-0.4, -0.2) is 16.4 Å². The van der Waals surface area contributed by atoms with Crippen LogP contribution in [0.2, 0.25) is 10.0 Å². The third-order valence-electron chi connectivity index (χ3n) is 1.83. The number of rotatable bonds is 1. The monoisotopic (exact) mass is 251 g/mol. The molecule has 0 aliphatic heterocycles. The molecule has 0 spiro atoms. The number of fused-ring (bicyclic) bond motifs is 1. The molecule has 2 heterocycles. The Hall–Kier alpha value is -0.640. The lowest BCUT2D eigenvalue weighted by Gasteiger charge is -2.01. The molecule has 76 valence electrons. The topological polar surface area (TPSA) is 29.3 Å². The van der Waals surface area contributed by atoms with Gasteiger partial charge in [0.25, 0.3) is 0 Å². The maximum atomic E-state index is 6.02. The van der Waals surface area contributed by atoms with Gasteiger partial charge in [0.15, 0.2) is 5.82 Å². The predicted octanol–water partition coefficient (Wildman–Crippen LogP) is 3.10. The van der Waals surface area contributed by atoms with Crippen molar-refractivity contribution in [1.82, 2.24) is 9.38 Å². The summed E-state index contributed by atoms with van der Waals surface area (Å²) in [5.74, 6) is 0.729. The summed E-state index contributed by atoms with van der Waals surface area (Å²) in [6.07, 6.45) is 3.50. The second-order valence-corrected chi connectivity index (χ2v) is 3.36. The van der Waals surface area contributed by atoms with Crippen molar-refractivity contribution in [2.24, 2.45) is 0 Å². The largest absolute Gasteiger partial charge is 0.371 e. The van der Waals surface area contributed by atoms with E-state index in [-0.39, 0.29) is 12.4 Å². The SMILES string of the molecule is CNc1ncn2ccc(Cl)c(Cl)c12.Cl. The molecule has 3 nitrogen and oxygen atoms in total. The standard InChI is InChI=1S/C8H7Cl2N3.ClH/c1-11-8-7-6(10)5(9)2-3-13(7)4-12-8;/h2-4,11H,1H3;1H. The molecular formula is C8H8Cl3N3. The first kappa shape index (κ1) is 11.4. The highest BCUT2D eigenvalue weighted by molar-refractivity contribution is 6.44. The first-order valence-corrected chi connectivity index (χ1v) is 4.48. The van der Waals surface area contributed by atoms with Gasteiger partial charge in [-0.05, 0) is 6.07 Å². The third kappa shape index (κ3) is 1.63. The molecule has 2 aromatic heterocycles. The molecule has 1 N–H and O–H groups in total. The van der Waals surface area contributed by atoms with Crippen molar-refractivity contribution in [2.45, 2.75) is 0 Å². The fourth-order valence-corrected chi connectivity index (χ4v) is 1.60. The van der Waals surface area contributed by atoms with E-state index in [0.29, 0.717) is 10.0 Å². The van der Waals surface area contributed by atoms with Crippen LogP contribution in [0.5, 0.6) is 0 Å². The molecule has 2 rings (SSSR count). The van der Waals surface area contributed by atoms with Crippen LogP contribution in [0.3, 0.4) is 0 Å². The number of pyridine rings is 1. The van der Waals surface area contributed by atoms with E-state index in [1.54, 1.807) is 19.4 Å². The Morgan fingerprint density at radius 2 is 2.14 bits per heavy atom. The van der Waals surface area contributed by atoms with Crippen molar-refractivity contribution in [3.05, 3.63) is 28.6 Å². The molecule has 0 bridgehead atoms. The predicted molar refractivity (Wildman–Crippen MR) is 62.0 cm³/mol. The van der Waals surface area contributed by atoms with Crippen molar-refractivity contribution in [3.63, 3.8) is 0 Å². The summed E-state index contributed by atoms with van der Waals surface area (Å²) in [7, 11) is 1.79. The van der Waals surface area contributed by atoms with E-state index >= 15 is 0 Å². The molecule has 0 aliphatic rings. The molecule has 2 aromatic rings. The van der Waals surface area contributed by atoms with Gasteiger partial charge in [0.1, 0.15) is 11.8 Å². The number of hydrogen-bond acceptors (Lipinski definition) is 2. The van der Waals surface area contributed by atoms with Gasteiger partial charge in [0, 0.05) is 13.2 Å². The summed E-state index contributed by atoms with van der Waals surface area (Å²) in [4.78, 5) is 4.12. The summed E-state index contributed by atoms with van der Waals surface area (Å²) >= 11 is 11.9. The van der Waals surface area contributed by atoms with Gasteiger partial charge in [-0.2, -0.15) is 0 Å². The molecular weight excluding hydrogens is 244 g/mol. The normalized spacial score (nSPS) is 9.93. The van der Waals surface area contributed by atoms with Crippen LogP contribution < -0.4 is 5.32 Å². The minimum Gasteiger partial charge on any atom is -0.371 e. The Labute approximate surface area is 97.4 Å². The number of hydrogen-bond donors (Lipinski definition) is 1.